The van der Waals surface area contributed by atoms with Gasteiger partial charge < -0.3 is 19.2 Å². The molecule has 0 spiro atoms. The number of aliphatic hydroxyl groups excluding tert-OH is 1. The van der Waals surface area contributed by atoms with Crippen LogP contribution in [0.2, 0.25) is 0 Å². The highest BCUT2D eigenvalue weighted by molar-refractivity contribution is 6.06. The Balaban J connectivity index is 1.68. The van der Waals surface area contributed by atoms with Crippen LogP contribution in [-0.4, -0.2) is 47.8 Å². The van der Waals surface area contributed by atoms with E-state index in [4.69, 9.17) is 9.15 Å². The molecule has 2 aromatic rings. The number of aryl methyl sites for hydroxylation is 2. The molecule has 1 amide bonds. The predicted octanol–water partition coefficient (Wildman–Crippen LogP) is 3.05. The molecule has 1 N–H and O–H groups in total. The quantitative estimate of drug-likeness (QED) is 0.910. The highest BCUT2D eigenvalue weighted by Gasteiger charge is 2.40. The summed E-state index contributed by atoms with van der Waals surface area (Å²) in [5, 5.41) is 11.2. The van der Waals surface area contributed by atoms with E-state index in [-0.39, 0.29) is 24.0 Å². The normalized spacial score (nSPS) is 27.2. The second kappa shape index (κ2) is 6.46. The zero-order valence-corrected chi connectivity index (χ0v) is 14.8. The monoisotopic (exact) mass is 343 g/mol. The second-order valence-electron chi connectivity index (χ2n) is 7.38. The molecule has 1 aliphatic heterocycles. The molecule has 5 heteroatoms. The second-order valence-corrected chi connectivity index (χ2v) is 7.38. The van der Waals surface area contributed by atoms with Crippen molar-refractivity contribution in [3.05, 3.63) is 35.1 Å². The highest BCUT2D eigenvalue weighted by Crippen LogP contribution is 2.34. The molecular weight excluding hydrogens is 318 g/mol. The number of carbonyl (C=O) groups is 1. The first-order valence-electron chi connectivity index (χ1n) is 9.11. The molecule has 1 saturated carbocycles. The standard InChI is InChI=1S/C20H25NO4/c1-12-8-15-16(10-25-19(15)9-13(12)2)20(23)21-6-7-24-11-17(21)14-4-3-5-18(14)22/h8-10,14,17-18,22H,3-7,11H2,1-2H3/t14-,17-,18-/m1/s1. The fourth-order valence-electron chi connectivity index (χ4n) is 4.25. The van der Waals surface area contributed by atoms with Crippen LogP contribution in [0.1, 0.15) is 40.7 Å². The molecule has 2 aliphatic rings. The Morgan fingerprint density at radius 3 is 2.80 bits per heavy atom. The van der Waals surface area contributed by atoms with Crippen LogP contribution >= 0.6 is 0 Å². The van der Waals surface area contributed by atoms with Crippen LogP contribution in [0.25, 0.3) is 11.0 Å². The molecule has 134 valence electrons. The van der Waals surface area contributed by atoms with Crippen LogP contribution < -0.4 is 0 Å². The number of hydrogen-bond acceptors (Lipinski definition) is 4. The van der Waals surface area contributed by atoms with Crippen molar-refractivity contribution in [2.75, 3.05) is 19.8 Å². The van der Waals surface area contributed by atoms with Gasteiger partial charge in [0.25, 0.3) is 5.91 Å². The molecule has 0 unspecified atom stereocenters. The van der Waals surface area contributed by atoms with Crippen LogP contribution in [0.3, 0.4) is 0 Å². The summed E-state index contributed by atoms with van der Waals surface area (Å²) in [7, 11) is 0. The van der Waals surface area contributed by atoms with Crippen molar-refractivity contribution < 1.29 is 19.1 Å². The van der Waals surface area contributed by atoms with Gasteiger partial charge in [-0.25, -0.2) is 0 Å². The van der Waals surface area contributed by atoms with E-state index < -0.39 is 0 Å². The predicted molar refractivity (Wildman–Crippen MR) is 94.7 cm³/mol. The van der Waals surface area contributed by atoms with Gasteiger partial charge >= 0.3 is 0 Å². The third-order valence-corrected chi connectivity index (χ3v) is 5.87. The zero-order chi connectivity index (χ0) is 17.6. The molecule has 1 saturated heterocycles. The average molecular weight is 343 g/mol. The molecule has 25 heavy (non-hydrogen) atoms. The van der Waals surface area contributed by atoms with Crippen molar-refractivity contribution in [1.29, 1.82) is 0 Å². The Hall–Kier alpha value is -1.85. The van der Waals surface area contributed by atoms with E-state index in [9.17, 15) is 9.90 Å². The van der Waals surface area contributed by atoms with Crippen molar-refractivity contribution in [1.82, 2.24) is 4.90 Å². The van der Waals surface area contributed by atoms with E-state index in [1.54, 1.807) is 6.26 Å². The largest absolute Gasteiger partial charge is 0.463 e. The van der Waals surface area contributed by atoms with Crippen molar-refractivity contribution in [3.8, 4) is 0 Å². The first-order chi connectivity index (χ1) is 12.1. The summed E-state index contributed by atoms with van der Waals surface area (Å²) in [6.07, 6.45) is 4.01. The molecule has 1 aromatic heterocycles. The van der Waals surface area contributed by atoms with Crippen molar-refractivity contribution >= 4 is 16.9 Å². The molecule has 1 aromatic carbocycles. The van der Waals surface area contributed by atoms with Gasteiger partial charge in [-0.2, -0.15) is 0 Å². The Labute approximate surface area is 147 Å². The zero-order valence-electron chi connectivity index (χ0n) is 14.8. The minimum Gasteiger partial charge on any atom is -0.463 e. The Bertz CT molecular complexity index is 796. The van der Waals surface area contributed by atoms with Gasteiger partial charge in [0.1, 0.15) is 11.8 Å². The SMILES string of the molecule is Cc1cc2occ(C(=O)N3CCOC[C@@H]3[C@H]3CCC[C@H]3O)c2cc1C. The first-order valence-corrected chi connectivity index (χ1v) is 9.11. The fourth-order valence-corrected chi connectivity index (χ4v) is 4.25. The number of aliphatic hydroxyl groups is 1. The third-order valence-electron chi connectivity index (χ3n) is 5.87. The van der Waals surface area contributed by atoms with Gasteiger partial charge in [0.2, 0.25) is 0 Å². The summed E-state index contributed by atoms with van der Waals surface area (Å²) < 4.78 is 11.3. The number of morpholine rings is 1. The average Bonchev–Trinajstić information content (AvgIpc) is 3.21. The lowest BCUT2D eigenvalue weighted by molar-refractivity contribution is -0.0383. The molecule has 3 atom stereocenters. The maximum Gasteiger partial charge on any atom is 0.258 e. The lowest BCUT2D eigenvalue weighted by Gasteiger charge is -2.40. The van der Waals surface area contributed by atoms with Gasteiger partial charge in [-0.05, 0) is 49.9 Å². The highest BCUT2D eigenvalue weighted by atomic mass is 16.5. The summed E-state index contributed by atoms with van der Waals surface area (Å²) >= 11 is 0. The molecule has 4 rings (SSSR count). The maximum atomic E-state index is 13.3. The first kappa shape index (κ1) is 16.6. The third kappa shape index (κ3) is 2.85. The van der Waals surface area contributed by atoms with Crippen LogP contribution in [0.4, 0.5) is 0 Å². The molecule has 0 bridgehead atoms. The molecule has 1 aliphatic carbocycles. The van der Waals surface area contributed by atoms with Crippen LogP contribution in [0.15, 0.2) is 22.8 Å². The number of nitrogens with zero attached hydrogens (tertiary/aromatic N) is 1. The molecule has 0 radical (unpaired) electrons. The summed E-state index contributed by atoms with van der Waals surface area (Å²) in [6, 6.07) is 3.95. The lowest BCUT2D eigenvalue weighted by atomic mass is 9.93. The number of ether oxygens (including phenoxy) is 1. The smallest absolute Gasteiger partial charge is 0.258 e. The number of fused-ring (bicyclic) bond motifs is 1. The minimum atomic E-state index is -0.340. The van der Waals surface area contributed by atoms with E-state index in [0.717, 1.165) is 41.4 Å². The summed E-state index contributed by atoms with van der Waals surface area (Å²) in [4.78, 5) is 15.2. The number of benzene rings is 1. The summed E-state index contributed by atoms with van der Waals surface area (Å²) in [5.41, 5.74) is 3.65. The Morgan fingerprint density at radius 2 is 2.04 bits per heavy atom. The molecule has 2 fully saturated rings. The van der Waals surface area contributed by atoms with Crippen molar-refractivity contribution in [2.45, 2.75) is 45.3 Å². The van der Waals surface area contributed by atoms with Crippen molar-refractivity contribution in [3.63, 3.8) is 0 Å². The number of carbonyl (C=O) groups excluding carboxylic acids is 1. The van der Waals surface area contributed by atoms with Crippen LogP contribution in [0.5, 0.6) is 0 Å². The van der Waals surface area contributed by atoms with Gasteiger partial charge in [0.05, 0.1) is 30.9 Å². The van der Waals surface area contributed by atoms with Gasteiger partial charge in [0.15, 0.2) is 0 Å². The topological polar surface area (TPSA) is 62.9 Å². The van der Waals surface area contributed by atoms with E-state index >= 15 is 0 Å². The Morgan fingerprint density at radius 1 is 1.24 bits per heavy atom. The Kier molecular flexibility index (Phi) is 4.29. The summed E-state index contributed by atoms with van der Waals surface area (Å²) in [6.45, 7) is 5.69. The van der Waals surface area contributed by atoms with E-state index in [0.29, 0.717) is 25.3 Å². The van der Waals surface area contributed by atoms with E-state index in [2.05, 4.69) is 0 Å². The van der Waals surface area contributed by atoms with E-state index in [1.807, 2.05) is 30.9 Å². The minimum absolute atomic E-state index is 0.0191. The molecule has 2 heterocycles. The molecular formula is C20H25NO4. The van der Waals surface area contributed by atoms with Gasteiger partial charge in [-0.1, -0.05) is 6.42 Å². The molecule has 5 nitrogen and oxygen atoms in total. The fraction of sp³-hybridized carbons (Fsp3) is 0.550. The van der Waals surface area contributed by atoms with Crippen molar-refractivity contribution in [2.24, 2.45) is 5.92 Å². The van der Waals surface area contributed by atoms with Gasteiger partial charge in [0, 0.05) is 17.8 Å². The van der Waals surface area contributed by atoms with Crippen LogP contribution in [0, 0.1) is 19.8 Å². The number of furan rings is 1. The van der Waals surface area contributed by atoms with Gasteiger partial charge in [-0.15, -0.1) is 0 Å². The summed E-state index contributed by atoms with van der Waals surface area (Å²) in [5.74, 6) is 0.0841. The van der Waals surface area contributed by atoms with Gasteiger partial charge in [-0.3, -0.25) is 4.79 Å². The maximum absolute atomic E-state index is 13.3. The number of hydrogen-bond donors (Lipinski definition) is 1. The number of amides is 1. The van der Waals surface area contributed by atoms with Crippen LogP contribution in [-0.2, 0) is 4.74 Å². The number of rotatable bonds is 2. The van der Waals surface area contributed by atoms with E-state index in [1.165, 1.54) is 0 Å². The lowest BCUT2D eigenvalue weighted by Crippen LogP contribution is -2.53.